The van der Waals surface area contributed by atoms with Crippen LogP contribution in [-0.4, -0.2) is 29.0 Å². The summed E-state index contributed by atoms with van der Waals surface area (Å²) in [6, 6.07) is 0.875. The van der Waals surface area contributed by atoms with E-state index < -0.39 is 0 Å². The predicted octanol–water partition coefficient (Wildman–Crippen LogP) is 2.95. The molecule has 3 rings (SSSR count). The molecule has 0 aromatic carbocycles. The van der Waals surface area contributed by atoms with Crippen molar-refractivity contribution in [1.29, 1.82) is 0 Å². The Labute approximate surface area is 107 Å². The van der Waals surface area contributed by atoms with Crippen LogP contribution < -0.4 is 5.32 Å². The molecule has 94 valence electrons. The average molecular weight is 251 g/mol. The molecule has 3 nitrogen and oxygen atoms in total. The summed E-state index contributed by atoms with van der Waals surface area (Å²) in [5.41, 5.74) is 0. The van der Waals surface area contributed by atoms with Crippen molar-refractivity contribution in [2.75, 3.05) is 18.4 Å². The molecule has 0 spiro atoms. The largest absolute Gasteiger partial charge is 0.362 e. The molecule has 0 radical (unpaired) electrons. The summed E-state index contributed by atoms with van der Waals surface area (Å²) >= 11 is 1.81. The molecule has 0 aliphatic heterocycles. The normalized spacial score (nSPS) is 19.9. The van der Waals surface area contributed by atoms with Crippen LogP contribution in [-0.2, 0) is 6.54 Å². The van der Waals surface area contributed by atoms with E-state index >= 15 is 0 Å². The standard InChI is InChI=1S/C13H21N3S/c1-2-14-13-15-7-12(17-13)9-16(11-5-6-11)8-10-3-4-10/h7,10-11H,2-6,8-9H2,1H3,(H,14,15). The number of nitrogens with zero attached hydrogens (tertiary/aromatic N) is 2. The second-order valence-corrected chi connectivity index (χ2v) is 6.38. The quantitative estimate of drug-likeness (QED) is 0.807. The van der Waals surface area contributed by atoms with Crippen molar-refractivity contribution < 1.29 is 0 Å². The summed E-state index contributed by atoms with van der Waals surface area (Å²) in [6.45, 7) is 5.51. The zero-order valence-electron chi connectivity index (χ0n) is 10.5. The fraction of sp³-hybridized carbons (Fsp3) is 0.769. The lowest BCUT2D eigenvalue weighted by atomic mass is 10.3. The molecular weight excluding hydrogens is 230 g/mol. The van der Waals surface area contributed by atoms with Crippen molar-refractivity contribution in [3.63, 3.8) is 0 Å². The average Bonchev–Trinajstić information content (AvgIpc) is 3.20. The molecule has 0 bridgehead atoms. The summed E-state index contributed by atoms with van der Waals surface area (Å²) in [4.78, 5) is 8.51. The van der Waals surface area contributed by atoms with Gasteiger partial charge in [-0.25, -0.2) is 4.98 Å². The van der Waals surface area contributed by atoms with Gasteiger partial charge in [0.1, 0.15) is 0 Å². The first-order valence-electron chi connectivity index (χ1n) is 6.77. The highest BCUT2D eigenvalue weighted by molar-refractivity contribution is 7.15. The molecule has 2 saturated carbocycles. The molecule has 1 aromatic rings. The monoisotopic (exact) mass is 251 g/mol. The number of aromatic nitrogens is 1. The third-order valence-electron chi connectivity index (χ3n) is 3.49. The van der Waals surface area contributed by atoms with Crippen molar-refractivity contribution in [1.82, 2.24) is 9.88 Å². The molecule has 4 heteroatoms. The lowest BCUT2D eigenvalue weighted by Crippen LogP contribution is -2.27. The van der Waals surface area contributed by atoms with E-state index in [1.165, 1.54) is 37.1 Å². The van der Waals surface area contributed by atoms with Gasteiger partial charge in [-0.3, -0.25) is 4.90 Å². The molecule has 0 amide bonds. The number of nitrogens with one attached hydrogen (secondary N) is 1. The number of hydrogen-bond donors (Lipinski definition) is 1. The van der Waals surface area contributed by atoms with Crippen LogP contribution >= 0.6 is 11.3 Å². The van der Waals surface area contributed by atoms with Gasteiger partial charge in [-0.1, -0.05) is 0 Å². The third kappa shape index (κ3) is 3.19. The first kappa shape index (κ1) is 11.5. The SMILES string of the molecule is CCNc1ncc(CN(CC2CC2)C2CC2)s1. The van der Waals surface area contributed by atoms with Gasteiger partial charge in [-0.05, 0) is 38.5 Å². The van der Waals surface area contributed by atoms with Crippen LogP contribution in [0.1, 0.15) is 37.5 Å². The van der Waals surface area contributed by atoms with E-state index in [-0.39, 0.29) is 0 Å². The van der Waals surface area contributed by atoms with Crippen LogP contribution in [0, 0.1) is 5.92 Å². The Hall–Kier alpha value is -0.610. The van der Waals surface area contributed by atoms with E-state index in [0.29, 0.717) is 0 Å². The van der Waals surface area contributed by atoms with Crippen LogP contribution in [0.25, 0.3) is 0 Å². The van der Waals surface area contributed by atoms with Crippen LogP contribution in [0.4, 0.5) is 5.13 Å². The molecule has 0 atom stereocenters. The van der Waals surface area contributed by atoms with Gasteiger partial charge in [0.2, 0.25) is 0 Å². The van der Waals surface area contributed by atoms with Crippen LogP contribution in [0.15, 0.2) is 6.20 Å². The Bertz CT molecular complexity index is 368. The van der Waals surface area contributed by atoms with E-state index in [1.807, 2.05) is 17.5 Å². The Morgan fingerprint density at radius 2 is 2.24 bits per heavy atom. The Balaban J connectivity index is 1.57. The van der Waals surface area contributed by atoms with Gasteiger partial charge >= 0.3 is 0 Å². The third-order valence-corrected chi connectivity index (χ3v) is 4.43. The topological polar surface area (TPSA) is 28.2 Å². The highest BCUT2D eigenvalue weighted by atomic mass is 32.1. The molecule has 0 unspecified atom stereocenters. The summed E-state index contributed by atoms with van der Waals surface area (Å²) in [6.07, 6.45) is 7.77. The molecule has 2 fully saturated rings. The molecule has 1 aromatic heterocycles. The van der Waals surface area contributed by atoms with Crippen LogP contribution in [0.5, 0.6) is 0 Å². The molecule has 0 saturated heterocycles. The minimum Gasteiger partial charge on any atom is -0.362 e. The zero-order chi connectivity index (χ0) is 11.7. The van der Waals surface area contributed by atoms with Crippen molar-refractivity contribution >= 4 is 16.5 Å². The summed E-state index contributed by atoms with van der Waals surface area (Å²) in [5, 5.41) is 4.36. The van der Waals surface area contributed by atoms with Gasteiger partial charge in [0, 0.05) is 36.8 Å². The van der Waals surface area contributed by atoms with Crippen LogP contribution in [0.2, 0.25) is 0 Å². The number of thiazole rings is 1. The van der Waals surface area contributed by atoms with Gasteiger partial charge in [0.25, 0.3) is 0 Å². The van der Waals surface area contributed by atoms with E-state index in [2.05, 4.69) is 22.1 Å². The molecule has 2 aliphatic carbocycles. The Morgan fingerprint density at radius 3 is 2.88 bits per heavy atom. The van der Waals surface area contributed by atoms with Gasteiger partial charge in [0.15, 0.2) is 5.13 Å². The van der Waals surface area contributed by atoms with E-state index in [9.17, 15) is 0 Å². The first-order valence-corrected chi connectivity index (χ1v) is 7.59. The van der Waals surface area contributed by atoms with E-state index in [4.69, 9.17) is 0 Å². The van der Waals surface area contributed by atoms with E-state index in [1.54, 1.807) is 0 Å². The first-order chi connectivity index (χ1) is 8.35. The smallest absolute Gasteiger partial charge is 0.182 e. The Kier molecular flexibility index (Phi) is 3.34. The molecule has 1 N–H and O–H groups in total. The second kappa shape index (κ2) is 4.94. The van der Waals surface area contributed by atoms with Crippen molar-refractivity contribution in [3.8, 4) is 0 Å². The highest BCUT2D eigenvalue weighted by Crippen LogP contribution is 2.36. The second-order valence-electron chi connectivity index (χ2n) is 5.27. The molecule has 1 heterocycles. The summed E-state index contributed by atoms with van der Waals surface area (Å²) < 4.78 is 0. The number of rotatable bonds is 7. The molecular formula is C13H21N3S. The van der Waals surface area contributed by atoms with Gasteiger partial charge in [-0.2, -0.15) is 0 Å². The van der Waals surface area contributed by atoms with Crippen molar-refractivity contribution in [3.05, 3.63) is 11.1 Å². The number of anilines is 1. The van der Waals surface area contributed by atoms with Crippen LogP contribution in [0.3, 0.4) is 0 Å². The fourth-order valence-electron chi connectivity index (χ4n) is 2.23. The molecule has 17 heavy (non-hydrogen) atoms. The lowest BCUT2D eigenvalue weighted by molar-refractivity contribution is 0.246. The maximum atomic E-state index is 4.41. The minimum absolute atomic E-state index is 0.875. The molecule has 2 aliphatic rings. The van der Waals surface area contributed by atoms with E-state index in [0.717, 1.165) is 30.2 Å². The Morgan fingerprint density at radius 1 is 1.41 bits per heavy atom. The van der Waals surface area contributed by atoms with Crippen molar-refractivity contribution in [2.45, 2.75) is 45.2 Å². The maximum Gasteiger partial charge on any atom is 0.182 e. The number of hydrogen-bond acceptors (Lipinski definition) is 4. The highest BCUT2D eigenvalue weighted by Gasteiger charge is 2.33. The zero-order valence-corrected chi connectivity index (χ0v) is 11.3. The fourth-order valence-corrected chi connectivity index (χ4v) is 3.13. The minimum atomic E-state index is 0.875. The lowest BCUT2D eigenvalue weighted by Gasteiger charge is -2.20. The van der Waals surface area contributed by atoms with Gasteiger partial charge < -0.3 is 5.32 Å². The maximum absolute atomic E-state index is 4.41. The van der Waals surface area contributed by atoms with Crippen molar-refractivity contribution in [2.24, 2.45) is 5.92 Å². The van der Waals surface area contributed by atoms with Gasteiger partial charge in [0.05, 0.1) is 0 Å². The van der Waals surface area contributed by atoms with Gasteiger partial charge in [-0.15, -0.1) is 11.3 Å². The summed E-state index contributed by atoms with van der Waals surface area (Å²) in [7, 11) is 0. The predicted molar refractivity (Wildman–Crippen MR) is 72.4 cm³/mol. The summed E-state index contributed by atoms with van der Waals surface area (Å²) in [5.74, 6) is 0.997.